The maximum atomic E-state index is 14.5. The third-order valence-electron chi connectivity index (χ3n) is 4.71. The van der Waals surface area contributed by atoms with Crippen molar-refractivity contribution in [3.05, 3.63) is 98.2 Å². The molecule has 0 atom stereocenters. The Labute approximate surface area is 163 Å². The fraction of sp³-hybridized carbons (Fsp3) is 0.0476. The van der Waals surface area contributed by atoms with Crippen LogP contribution in [0.15, 0.2) is 65.5 Å². The van der Waals surface area contributed by atoms with Crippen LogP contribution in [0.1, 0.15) is 11.3 Å². The van der Waals surface area contributed by atoms with Gasteiger partial charge in [0.05, 0.1) is 16.0 Å². The number of hydrogen-bond acceptors (Lipinski definition) is 5. The number of aromatic amines is 1. The molecule has 4 aromatic rings. The first-order valence-electron chi connectivity index (χ1n) is 8.73. The molecular formula is C21H15FN4O3. The number of nitro benzene ring substituents is 1. The number of nitrogens with one attached hydrogen (secondary N) is 1. The Kier molecular flexibility index (Phi) is 4.52. The molecule has 7 nitrogen and oxygen atoms in total. The smallest absolute Gasteiger partial charge is 0.292 e. The lowest BCUT2D eigenvalue weighted by Gasteiger charge is -2.09. The number of aromatic nitrogens is 2. The van der Waals surface area contributed by atoms with Gasteiger partial charge in [-0.2, -0.15) is 5.10 Å². The SMILES string of the molecule is Nc1cc(-c2cc(Cc3n[nH]c(=O)c4ccccc34)ccc2F)ccc1[N+](=O)[O-]. The van der Waals surface area contributed by atoms with Crippen molar-refractivity contribution in [1.29, 1.82) is 0 Å². The van der Waals surface area contributed by atoms with Crippen LogP contribution in [0.3, 0.4) is 0 Å². The van der Waals surface area contributed by atoms with Gasteiger partial charge in [-0.05, 0) is 41.5 Å². The van der Waals surface area contributed by atoms with E-state index in [9.17, 15) is 19.3 Å². The molecule has 8 heteroatoms. The van der Waals surface area contributed by atoms with Gasteiger partial charge < -0.3 is 5.73 Å². The van der Waals surface area contributed by atoms with Crippen molar-refractivity contribution in [2.45, 2.75) is 6.42 Å². The average Bonchev–Trinajstić information content (AvgIpc) is 2.71. The third kappa shape index (κ3) is 3.43. The van der Waals surface area contributed by atoms with Crippen LogP contribution in [0.4, 0.5) is 15.8 Å². The van der Waals surface area contributed by atoms with Gasteiger partial charge in [-0.15, -0.1) is 0 Å². The Hall–Kier alpha value is -4.07. The first kappa shape index (κ1) is 18.3. The second-order valence-corrected chi connectivity index (χ2v) is 6.57. The fourth-order valence-electron chi connectivity index (χ4n) is 3.29. The zero-order valence-corrected chi connectivity index (χ0v) is 15.1. The zero-order chi connectivity index (χ0) is 20.5. The number of nitrogens with two attached hydrogens (primary N) is 1. The van der Waals surface area contributed by atoms with Gasteiger partial charge >= 0.3 is 0 Å². The van der Waals surface area contributed by atoms with Gasteiger partial charge in [-0.3, -0.25) is 14.9 Å². The Morgan fingerprint density at radius 2 is 1.83 bits per heavy atom. The molecule has 0 saturated heterocycles. The minimum Gasteiger partial charge on any atom is -0.393 e. The highest BCUT2D eigenvalue weighted by molar-refractivity contribution is 5.83. The van der Waals surface area contributed by atoms with Gasteiger partial charge in [0.25, 0.3) is 11.2 Å². The molecule has 144 valence electrons. The highest BCUT2D eigenvalue weighted by Gasteiger charge is 2.15. The van der Waals surface area contributed by atoms with Crippen LogP contribution in [0.5, 0.6) is 0 Å². The predicted molar refractivity (Wildman–Crippen MR) is 108 cm³/mol. The van der Waals surface area contributed by atoms with Gasteiger partial charge in [-0.25, -0.2) is 9.49 Å². The summed E-state index contributed by atoms with van der Waals surface area (Å²) in [6.45, 7) is 0. The Bertz CT molecular complexity index is 1320. The van der Waals surface area contributed by atoms with E-state index in [-0.39, 0.29) is 22.5 Å². The van der Waals surface area contributed by atoms with Crippen molar-refractivity contribution < 1.29 is 9.31 Å². The molecule has 0 radical (unpaired) electrons. The number of hydrogen-bond donors (Lipinski definition) is 2. The lowest BCUT2D eigenvalue weighted by molar-refractivity contribution is -0.383. The Morgan fingerprint density at radius 1 is 1.07 bits per heavy atom. The number of nitro groups is 1. The van der Waals surface area contributed by atoms with Crippen LogP contribution < -0.4 is 11.3 Å². The number of halogens is 1. The largest absolute Gasteiger partial charge is 0.393 e. The molecule has 0 unspecified atom stereocenters. The molecule has 0 bridgehead atoms. The second-order valence-electron chi connectivity index (χ2n) is 6.57. The summed E-state index contributed by atoms with van der Waals surface area (Å²) in [5.41, 5.74) is 7.34. The van der Waals surface area contributed by atoms with Gasteiger partial charge in [0.15, 0.2) is 0 Å². The van der Waals surface area contributed by atoms with Crippen molar-refractivity contribution in [3.8, 4) is 11.1 Å². The van der Waals surface area contributed by atoms with Gasteiger partial charge in [0.1, 0.15) is 11.5 Å². The number of rotatable bonds is 4. The molecule has 4 rings (SSSR count). The molecule has 0 spiro atoms. The molecule has 0 aliphatic rings. The number of H-pyrrole nitrogens is 1. The topological polar surface area (TPSA) is 115 Å². The molecule has 0 fully saturated rings. The van der Waals surface area contributed by atoms with Crippen molar-refractivity contribution in [2.24, 2.45) is 0 Å². The minimum atomic E-state index is -0.584. The van der Waals surface area contributed by atoms with Gasteiger partial charge in [-0.1, -0.05) is 24.3 Å². The van der Waals surface area contributed by atoms with E-state index < -0.39 is 10.7 Å². The normalized spacial score (nSPS) is 10.9. The molecule has 29 heavy (non-hydrogen) atoms. The molecule has 0 aliphatic heterocycles. The highest BCUT2D eigenvalue weighted by Crippen LogP contribution is 2.31. The number of nitrogens with zero attached hydrogens (tertiary/aromatic N) is 2. The minimum absolute atomic E-state index is 0.0365. The number of benzene rings is 3. The summed E-state index contributed by atoms with van der Waals surface area (Å²) in [5.74, 6) is -0.471. The first-order chi connectivity index (χ1) is 13.9. The fourth-order valence-corrected chi connectivity index (χ4v) is 3.29. The average molecular weight is 390 g/mol. The Morgan fingerprint density at radius 3 is 2.55 bits per heavy atom. The Balaban J connectivity index is 1.75. The number of nitrogen functional groups attached to an aromatic ring is 1. The molecule has 1 aromatic heterocycles. The van der Waals surface area contributed by atoms with Crippen LogP contribution in [-0.2, 0) is 6.42 Å². The van der Waals surface area contributed by atoms with E-state index in [1.165, 1.54) is 24.3 Å². The van der Waals surface area contributed by atoms with Gasteiger partial charge in [0, 0.05) is 23.4 Å². The maximum absolute atomic E-state index is 14.5. The van der Waals surface area contributed by atoms with E-state index in [4.69, 9.17) is 5.73 Å². The van der Waals surface area contributed by atoms with E-state index in [1.807, 2.05) is 12.1 Å². The summed E-state index contributed by atoms with van der Waals surface area (Å²) in [5, 5.41) is 18.8. The zero-order valence-electron chi connectivity index (χ0n) is 15.1. The summed E-state index contributed by atoms with van der Waals surface area (Å²) >= 11 is 0. The quantitative estimate of drug-likeness (QED) is 0.312. The van der Waals surface area contributed by atoms with E-state index >= 15 is 0 Å². The summed E-state index contributed by atoms with van der Waals surface area (Å²) in [7, 11) is 0. The van der Waals surface area contributed by atoms with Crippen LogP contribution in [0.2, 0.25) is 0 Å². The first-order valence-corrected chi connectivity index (χ1v) is 8.73. The van der Waals surface area contributed by atoms with E-state index in [2.05, 4.69) is 10.2 Å². The monoisotopic (exact) mass is 390 g/mol. The second kappa shape index (κ2) is 7.16. The van der Waals surface area contributed by atoms with E-state index in [1.54, 1.807) is 24.3 Å². The van der Waals surface area contributed by atoms with Crippen molar-refractivity contribution in [1.82, 2.24) is 10.2 Å². The lowest BCUT2D eigenvalue weighted by Crippen LogP contribution is -2.11. The summed E-state index contributed by atoms with van der Waals surface area (Å²) in [4.78, 5) is 22.3. The van der Waals surface area contributed by atoms with Crippen LogP contribution >= 0.6 is 0 Å². The molecule has 0 saturated carbocycles. The molecule has 3 N–H and O–H groups in total. The summed E-state index contributed by atoms with van der Waals surface area (Å²) in [6, 6.07) is 15.8. The molecule has 0 aliphatic carbocycles. The summed E-state index contributed by atoms with van der Waals surface area (Å²) < 4.78 is 14.5. The van der Waals surface area contributed by atoms with Crippen LogP contribution in [0.25, 0.3) is 21.9 Å². The molecule has 0 amide bonds. The molecular weight excluding hydrogens is 375 g/mol. The maximum Gasteiger partial charge on any atom is 0.292 e. The third-order valence-corrected chi connectivity index (χ3v) is 4.71. The molecule has 3 aromatic carbocycles. The highest BCUT2D eigenvalue weighted by atomic mass is 19.1. The standard InChI is InChI=1S/C21H15FN4O3/c22-17-7-5-12(9-16(17)13-6-8-20(26(28)29)18(23)11-13)10-19-14-3-1-2-4-15(14)21(27)25-24-19/h1-9,11H,10,23H2,(H,25,27). The number of fused-ring (bicyclic) bond motifs is 1. The van der Waals surface area contributed by atoms with Crippen LogP contribution in [-0.4, -0.2) is 15.1 Å². The van der Waals surface area contributed by atoms with Crippen LogP contribution in [0, 0.1) is 15.9 Å². The van der Waals surface area contributed by atoms with Gasteiger partial charge in [0.2, 0.25) is 0 Å². The summed E-state index contributed by atoms with van der Waals surface area (Å²) in [6.07, 6.45) is 0.368. The van der Waals surface area contributed by atoms with Crippen molar-refractivity contribution in [2.75, 3.05) is 5.73 Å². The number of anilines is 1. The van der Waals surface area contributed by atoms with E-state index in [0.29, 0.717) is 23.1 Å². The predicted octanol–water partition coefficient (Wildman–Crippen LogP) is 3.81. The van der Waals surface area contributed by atoms with Crippen molar-refractivity contribution >= 4 is 22.1 Å². The van der Waals surface area contributed by atoms with Crippen molar-refractivity contribution in [3.63, 3.8) is 0 Å². The molecule has 1 heterocycles. The lowest BCUT2D eigenvalue weighted by atomic mass is 9.98. The van der Waals surface area contributed by atoms with E-state index in [0.717, 1.165) is 10.9 Å².